The van der Waals surface area contributed by atoms with E-state index < -0.39 is 0 Å². The van der Waals surface area contributed by atoms with Crippen molar-refractivity contribution in [3.05, 3.63) is 53.3 Å². The first kappa shape index (κ1) is 11.8. The first-order valence-corrected chi connectivity index (χ1v) is 6.38. The van der Waals surface area contributed by atoms with Gasteiger partial charge in [-0.3, -0.25) is 4.79 Å². The summed E-state index contributed by atoms with van der Waals surface area (Å²) >= 11 is 0. The summed E-state index contributed by atoms with van der Waals surface area (Å²) in [6.45, 7) is 0.764. The molecule has 2 aromatic rings. The third kappa shape index (κ3) is 2.62. The number of hydrogen-bond acceptors (Lipinski definition) is 4. The van der Waals surface area contributed by atoms with Crippen molar-refractivity contribution in [1.29, 1.82) is 0 Å². The molecule has 0 spiro atoms. The molecule has 1 aliphatic rings. The van der Waals surface area contributed by atoms with E-state index in [-0.39, 0.29) is 12.2 Å². The zero-order valence-corrected chi connectivity index (χ0v) is 10.5. The van der Waals surface area contributed by atoms with Gasteiger partial charge in [0.25, 0.3) is 0 Å². The van der Waals surface area contributed by atoms with E-state index in [9.17, 15) is 4.79 Å². The molecular weight excluding hydrogens is 240 g/mol. The van der Waals surface area contributed by atoms with Gasteiger partial charge in [0.15, 0.2) is 5.78 Å². The molecule has 1 aliphatic heterocycles. The highest BCUT2D eigenvalue weighted by molar-refractivity contribution is 5.97. The standard InChI is InChI=1S/C15H14N2O2/c18-14(10-13-4-1-7-16-17-13)11-5-6-15-12(9-11)3-2-8-19-15/h1,4-7,9H,2-3,8,10H2. The van der Waals surface area contributed by atoms with Gasteiger partial charge in [-0.05, 0) is 48.7 Å². The fourth-order valence-corrected chi connectivity index (χ4v) is 2.23. The zero-order valence-electron chi connectivity index (χ0n) is 10.5. The van der Waals surface area contributed by atoms with Crippen LogP contribution in [-0.4, -0.2) is 22.6 Å². The van der Waals surface area contributed by atoms with E-state index in [0.29, 0.717) is 5.69 Å². The molecule has 96 valence electrons. The van der Waals surface area contributed by atoms with Gasteiger partial charge in [-0.2, -0.15) is 10.2 Å². The summed E-state index contributed by atoms with van der Waals surface area (Å²) in [5, 5.41) is 7.72. The van der Waals surface area contributed by atoms with Gasteiger partial charge in [-0.25, -0.2) is 0 Å². The van der Waals surface area contributed by atoms with Gasteiger partial charge in [0.05, 0.1) is 18.7 Å². The predicted molar refractivity (Wildman–Crippen MR) is 70.3 cm³/mol. The Bertz CT molecular complexity index is 596. The van der Waals surface area contributed by atoms with Crippen molar-refractivity contribution in [2.45, 2.75) is 19.3 Å². The summed E-state index contributed by atoms with van der Waals surface area (Å²) in [5.74, 6) is 0.969. The Hall–Kier alpha value is -2.23. The van der Waals surface area contributed by atoms with Crippen molar-refractivity contribution in [3.63, 3.8) is 0 Å². The minimum Gasteiger partial charge on any atom is -0.493 e. The smallest absolute Gasteiger partial charge is 0.168 e. The van der Waals surface area contributed by atoms with Crippen molar-refractivity contribution in [2.24, 2.45) is 0 Å². The molecular formula is C15H14N2O2. The molecule has 0 radical (unpaired) electrons. The number of Topliss-reactive ketones (excluding diaryl/α,β-unsaturated/α-hetero) is 1. The number of carbonyl (C=O) groups is 1. The van der Waals surface area contributed by atoms with Gasteiger partial charge >= 0.3 is 0 Å². The van der Waals surface area contributed by atoms with Gasteiger partial charge in [0.2, 0.25) is 0 Å². The summed E-state index contributed by atoms with van der Waals surface area (Å²) in [6.07, 6.45) is 3.87. The average molecular weight is 254 g/mol. The molecule has 4 heteroatoms. The van der Waals surface area contributed by atoms with Crippen LogP contribution in [0.3, 0.4) is 0 Å². The minimum absolute atomic E-state index is 0.0638. The Morgan fingerprint density at radius 1 is 1.32 bits per heavy atom. The molecule has 0 fully saturated rings. The molecule has 0 atom stereocenters. The number of aromatic nitrogens is 2. The summed E-state index contributed by atoms with van der Waals surface area (Å²) < 4.78 is 5.54. The first-order chi connectivity index (χ1) is 9.33. The highest BCUT2D eigenvalue weighted by Gasteiger charge is 2.14. The van der Waals surface area contributed by atoms with Crippen LogP contribution in [0.1, 0.15) is 28.0 Å². The maximum atomic E-state index is 12.2. The second-order valence-corrected chi connectivity index (χ2v) is 4.59. The van der Waals surface area contributed by atoms with Crippen LogP contribution in [0.25, 0.3) is 0 Å². The predicted octanol–water partition coefficient (Wildman–Crippen LogP) is 2.23. The van der Waals surface area contributed by atoms with Crippen molar-refractivity contribution in [1.82, 2.24) is 10.2 Å². The number of fused-ring (bicyclic) bond motifs is 1. The maximum absolute atomic E-state index is 12.2. The number of ether oxygens (including phenoxy) is 1. The van der Waals surface area contributed by atoms with E-state index in [1.807, 2.05) is 24.3 Å². The van der Waals surface area contributed by atoms with Gasteiger partial charge in [0, 0.05) is 11.8 Å². The normalized spacial score (nSPS) is 13.5. The average Bonchev–Trinajstić information content (AvgIpc) is 2.48. The topological polar surface area (TPSA) is 52.1 Å². The van der Waals surface area contributed by atoms with E-state index in [0.717, 1.165) is 36.3 Å². The Kier molecular flexibility index (Phi) is 3.23. The molecule has 0 amide bonds. The number of rotatable bonds is 3. The molecule has 4 nitrogen and oxygen atoms in total. The number of nitrogens with zero attached hydrogens (tertiary/aromatic N) is 2. The van der Waals surface area contributed by atoms with Crippen LogP contribution in [0.2, 0.25) is 0 Å². The van der Waals surface area contributed by atoms with Crippen LogP contribution in [0.5, 0.6) is 5.75 Å². The van der Waals surface area contributed by atoms with Crippen molar-refractivity contribution < 1.29 is 9.53 Å². The lowest BCUT2D eigenvalue weighted by Crippen LogP contribution is -2.11. The lowest BCUT2D eigenvalue weighted by atomic mass is 9.99. The molecule has 0 aliphatic carbocycles. The van der Waals surface area contributed by atoms with E-state index >= 15 is 0 Å². The molecule has 0 bridgehead atoms. The zero-order chi connectivity index (χ0) is 13.1. The van der Waals surface area contributed by atoms with Gasteiger partial charge in [0.1, 0.15) is 5.75 Å². The van der Waals surface area contributed by atoms with Crippen molar-refractivity contribution >= 4 is 5.78 Å². The fourth-order valence-electron chi connectivity index (χ4n) is 2.23. The Morgan fingerprint density at radius 2 is 2.26 bits per heavy atom. The lowest BCUT2D eigenvalue weighted by molar-refractivity contribution is 0.0991. The highest BCUT2D eigenvalue weighted by Crippen LogP contribution is 2.25. The van der Waals surface area contributed by atoms with Crippen LogP contribution in [0, 0.1) is 0 Å². The van der Waals surface area contributed by atoms with E-state index in [4.69, 9.17) is 4.74 Å². The number of benzene rings is 1. The molecule has 0 unspecified atom stereocenters. The van der Waals surface area contributed by atoms with Gasteiger partial charge in [-0.1, -0.05) is 0 Å². The largest absolute Gasteiger partial charge is 0.493 e. The molecule has 1 aromatic carbocycles. The van der Waals surface area contributed by atoms with Gasteiger partial charge in [-0.15, -0.1) is 0 Å². The van der Waals surface area contributed by atoms with Crippen LogP contribution in [0.4, 0.5) is 0 Å². The van der Waals surface area contributed by atoms with Crippen LogP contribution < -0.4 is 4.74 Å². The van der Waals surface area contributed by atoms with E-state index in [1.165, 1.54) is 0 Å². The fraction of sp³-hybridized carbons (Fsp3) is 0.267. The Balaban J connectivity index is 1.80. The number of aryl methyl sites for hydroxylation is 1. The SMILES string of the molecule is O=C(Cc1cccnn1)c1ccc2c(c1)CCCO2. The number of hydrogen-bond donors (Lipinski definition) is 0. The Morgan fingerprint density at radius 3 is 3.11 bits per heavy atom. The van der Waals surface area contributed by atoms with E-state index in [1.54, 1.807) is 12.3 Å². The third-order valence-electron chi connectivity index (χ3n) is 3.20. The second-order valence-electron chi connectivity index (χ2n) is 4.59. The van der Waals surface area contributed by atoms with Crippen LogP contribution >= 0.6 is 0 Å². The second kappa shape index (κ2) is 5.18. The molecule has 3 rings (SSSR count). The third-order valence-corrected chi connectivity index (χ3v) is 3.20. The number of ketones is 1. The number of carbonyl (C=O) groups excluding carboxylic acids is 1. The Labute approximate surface area is 111 Å². The minimum atomic E-state index is 0.0638. The molecule has 2 heterocycles. The molecule has 0 N–H and O–H groups in total. The molecule has 19 heavy (non-hydrogen) atoms. The quantitative estimate of drug-likeness (QED) is 0.788. The monoisotopic (exact) mass is 254 g/mol. The van der Waals surface area contributed by atoms with E-state index in [2.05, 4.69) is 10.2 Å². The van der Waals surface area contributed by atoms with Gasteiger partial charge < -0.3 is 4.74 Å². The first-order valence-electron chi connectivity index (χ1n) is 6.38. The van der Waals surface area contributed by atoms with Crippen LogP contribution in [-0.2, 0) is 12.8 Å². The summed E-state index contributed by atoms with van der Waals surface area (Å²) in [5.41, 5.74) is 2.53. The molecule has 0 saturated carbocycles. The molecule has 0 saturated heterocycles. The summed E-state index contributed by atoms with van der Waals surface area (Å²) in [7, 11) is 0. The summed E-state index contributed by atoms with van der Waals surface area (Å²) in [6, 6.07) is 9.25. The van der Waals surface area contributed by atoms with Crippen LogP contribution in [0.15, 0.2) is 36.5 Å². The van der Waals surface area contributed by atoms with Crippen molar-refractivity contribution in [3.8, 4) is 5.75 Å². The maximum Gasteiger partial charge on any atom is 0.168 e. The lowest BCUT2D eigenvalue weighted by Gasteiger charge is -2.17. The summed E-state index contributed by atoms with van der Waals surface area (Å²) in [4.78, 5) is 12.2. The molecule has 1 aromatic heterocycles. The highest BCUT2D eigenvalue weighted by atomic mass is 16.5. The van der Waals surface area contributed by atoms with Crippen molar-refractivity contribution in [2.75, 3.05) is 6.61 Å².